The fourth-order valence-corrected chi connectivity index (χ4v) is 5.21. The summed E-state index contributed by atoms with van der Waals surface area (Å²) in [5, 5.41) is 11.4. The molecule has 204 valence electrons. The van der Waals surface area contributed by atoms with Gasteiger partial charge >= 0.3 is 0 Å². The van der Waals surface area contributed by atoms with Crippen LogP contribution in [0.15, 0.2) is 85.1 Å². The van der Waals surface area contributed by atoms with E-state index in [0.717, 1.165) is 23.0 Å². The molecule has 1 unspecified atom stereocenters. The summed E-state index contributed by atoms with van der Waals surface area (Å²) in [6.45, 7) is 3.35. The van der Waals surface area contributed by atoms with Crippen LogP contribution in [0.2, 0.25) is 5.02 Å². The van der Waals surface area contributed by atoms with E-state index in [4.69, 9.17) is 16.3 Å². The fraction of sp³-hybridized carbons (Fsp3) is 0.200. The summed E-state index contributed by atoms with van der Waals surface area (Å²) >= 11 is 5.96. The molecule has 1 aliphatic heterocycles. The molecule has 40 heavy (non-hydrogen) atoms. The highest BCUT2D eigenvalue weighted by molar-refractivity contribution is 6.32. The number of amides is 2. The summed E-state index contributed by atoms with van der Waals surface area (Å²) in [6, 6.07) is 22.1. The van der Waals surface area contributed by atoms with E-state index in [9.17, 15) is 19.7 Å². The molecule has 1 aromatic heterocycles. The quantitative estimate of drug-likeness (QED) is 0.204. The lowest BCUT2D eigenvalue weighted by atomic mass is 9.97. The highest BCUT2D eigenvalue weighted by Crippen LogP contribution is 2.42. The number of nitro groups is 1. The van der Waals surface area contributed by atoms with Gasteiger partial charge in [-0.3, -0.25) is 24.6 Å². The second-order valence-electron chi connectivity index (χ2n) is 9.68. The van der Waals surface area contributed by atoms with Gasteiger partial charge in [0.05, 0.1) is 29.1 Å². The van der Waals surface area contributed by atoms with Crippen molar-refractivity contribution in [1.29, 1.82) is 0 Å². The lowest BCUT2D eigenvalue weighted by Gasteiger charge is -2.40. The summed E-state index contributed by atoms with van der Waals surface area (Å²) in [4.78, 5) is 41.8. The fourth-order valence-electron chi connectivity index (χ4n) is 5.03. The SMILES string of the molecule is COc1ccc(C2c3cccn3-c3ccccc3N2C(=O)CN(C(=O)c2ccc(Cl)c([N+](=O)[O-])c2)C(C)C)cc1. The summed E-state index contributed by atoms with van der Waals surface area (Å²) < 4.78 is 7.40. The van der Waals surface area contributed by atoms with Gasteiger partial charge in [0.25, 0.3) is 11.6 Å². The van der Waals surface area contributed by atoms with E-state index in [1.54, 1.807) is 25.9 Å². The van der Waals surface area contributed by atoms with Gasteiger partial charge in [-0.2, -0.15) is 0 Å². The molecular weight excluding hydrogens is 532 g/mol. The normalized spacial score (nSPS) is 13.9. The molecule has 10 heteroatoms. The Morgan fingerprint density at radius 1 is 1.02 bits per heavy atom. The van der Waals surface area contributed by atoms with E-state index >= 15 is 0 Å². The third-order valence-electron chi connectivity index (χ3n) is 7.00. The van der Waals surface area contributed by atoms with Crippen LogP contribution < -0.4 is 9.64 Å². The average Bonchev–Trinajstić information content (AvgIpc) is 3.45. The highest BCUT2D eigenvalue weighted by atomic mass is 35.5. The number of hydrogen-bond acceptors (Lipinski definition) is 5. The number of halogens is 1. The first-order valence-corrected chi connectivity index (χ1v) is 13.1. The molecule has 0 spiro atoms. The lowest BCUT2D eigenvalue weighted by molar-refractivity contribution is -0.384. The molecule has 1 aliphatic rings. The van der Waals surface area contributed by atoms with Crippen molar-refractivity contribution in [3.63, 3.8) is 0 Å². The van der Waals surface area contributed by atoms with E-state index in [0.29, 0.717) is 11.4 Å². The topological polar surface area (TPSA) is 97.9 Å². The molecular formula is C30H27ClN4O5. The Labute approximate surface area is 236 Å². The van der Waals surface area contributed by atoms with Crippen LogP contribution in [0.1, 0.15) is 41.5 Å². The average molecular weight is 559 g/mol. The van der Waals surface area contributed by atoms with Crippen LogP contribution in [-0.2, 0) is 4.79 Å². The number of nitrogens with zero attached hydrogens (tertiary/aromatic N) is 4. The molecule has 5 rings (SSSR count). The lowest BCUT2D eigenvalue weighted by Crippen LogP contribution is -2.48. The van der Waals surface area contributed by atoms with Crippen LogP contribution in [0.3, 0.4) is 0 Å². The molecule has 2 heterocycles. The molecule has 0 aliphatic carbocycles. The van der Waals surface area contributed by atoms with Gasteiger partial charge in [-0.25, -0.2) is 0 Å². The first-order valence-electron chi connectivity index (χ1n) is 12.7. The first kappa shape index (κ1) is 27.0. The van der Waals surface area contributed by atoms with Crippen molar-refractivity contribution in [2.24, 2.45) is 0 Å². The predicted octanol–water partition coefficient (Wildman–Crippen LogP) is 6.03. The summed E-state index contributed by atoms with van der Waals surface area (Å²) in [5.74, 6) is -0.106. The minimum atomic E-state index is -0.636. The molecule has 0 bridgehead atoms. The third kappa shape index (κ3) is 4.80. The first-order chi connectivity index (χ1) is 19.2. The number of carbonyl (C=O) groups is 2. The number of aromatic nitrogens is 1. The van der Waals surface area contributed by atoms with Crippen LogP contribution in [0.5, 0.6) is 5.75 Å². The number of methoxy groups -OCH3 is 1. The number of carbonyl (C=O) groups excluding carboxylic acids is 2. The van der Waals surface area contributed by atoms with Crippen LogP contribution in [-0.4, -0.2) is 45.9 Å². The second kappa shape index (κ2) is 10.9. The number of anilines is 1. The summed E-state index contributed by atoms with van der Waals surface area (Å²) in [6.07, 6.45) is 1.96. The Kier molecular flexibility index (Phi) is 7.32. The summed E-state index contributed by atoms with van der Waals surface area (Å²) in [7, 11) is 1.60. The second-order valence-corrected chi connectivity index (χ2v) is 10.1. The smallest absolute Gasteiger partial charge is 0.288 e. The van der Waals surface area contributed by atoms with Gasteiger partial charge in [-0.1, -0.05) is 35.9 Å². The van der Waals surface area contributed by atoms with E-state index in [-0.39, 0.29) is 34.8 Å². The number of hydrogen-bond donors (Lipinski definition) is 0. The Morgan fingerprint density at radius 2 is 1.73 bits per heavy atom. The van der Waals surface area contributed by atoms with Crippen LogP contribution >= 0.6 is 11.6 Å². The maximum atomic E-state index is 14.2. The largest absolute Gasteiger partial charge is 0.497 e. The zero-order chi connectivity index (χ0) is 28.6. The van der Waals surface area contributed by atoms with E-state index < -0.39 is 16.9 Å². The van der Waals surface area contributed by atoms with Gasteiger partial charge in [0, 0.05) is 23.9 Å². The molecule has 0 N–H and O–H groups in total. The van der Waals surface area contributed by atoms with E-state index in [1.807, 2.05) is 66.9 Å². The molecule has 4 aromatic rings. The van der Waals surface area contributed by atoms with Crippen molar-refractivity contribution in [1.82, 2.24) is 9.47 Å². The molecule has 0 saturated heterocycles. The number of nitro benzene ring substituents is 1. The van der Waals surface area contributed by atoms with Crippen molar-refractivity contribution < 1.29 is 19.2 Å². The molecule has 3 aromatic carbocycles. The molecule has 0 radical (unpaired) electrons. The molecule has 0 saturated carbocycles. The van der Waals surface area contributed by atoms with Gasteiger partial charge in [0.2, 0.25) is 5.91 Å². The number of benzene rings is 3. The molecule has 2 amide bonds. The molecule has 0 fully saturated rings. The van der Waals surface area contributed by atoms with E-state index in [2.05, 4.69) is 4.57 Å². The number of ether oxygens (including phenoxy) is 1. The van der Waals surface area contributed by atoms with Crippen LogP contribution in [0.4, 0.5) is 11.4 Å². The van der Waals surface area contributed by atoms with Crippen molar-refractivity contribution >= 4 is 34.8 Å². The van der Waals surface area contributed by atoms with Crippen molar-refractivity contribution in [3.05, 3.63) is 117 Å². The van der Waals surface area contributed by atoms with E-state index in [1.165, 1.54) is 17.0 Å². The Bertz CT molecular complexity index is 1600. The predicted molar refractivity (Wildman–Crippen MR) is 152 cm³/mol. The number of para-hydroxylation sites is 2. The standard InChI is InChI=1S/C30H27ClN4O5/c1-19(2)33(30(37)21-12-15-23(31)27(17-21)35(38)39)18-28(36)34-25-8-5-4-7-24(25)32-16-6-9-26(32)29(34)20-10-13-22(40-3)14-11-20/h4-17,19,29H,18H2,1-3H3. The van der Waals surface area contributed by atoms with Crippen molar-refractivity contribution in [2.45, 2.75) is 25.9 Å². The van der Waals surface area contributed by atoms with Gasteiger partial charge < -0.3 is 14.2 Å². The monoisotopic (exact) mass is 558 g/mol. The zero-order valence-corrected chi connectivity index (χ0v) is 22.9. The Balaban J connectivity index is 1.55. The Hall–Kier alpha value is -4.63. The number of fused-ring (bicyclic) bond motifs is 3. The van der Waals surface area contributed by atoms with Gasteiger partial charge in [0.15, 0.2) is 0 Å². The Morgan fingerprint density at radius 3 is 2.38 bits per heavy atom. The maximum Gasteiger partial charge on any atom is 0.288 e. The minimum absolute atomic E-state index is 0.0658. The van der Waals surface area contributed by atoms with Crippen LogP contribution in [0, 0.1) is 10.1 Å². The minimum Gasteiger partial charge on any atom is -0.497 e. The van der Waals surface area contributed by atoms with Crippen molar-refractivity contribution in [3.8, 4) is 11.4 Å². The summed E-state index contributed by atoms with van der Waals surface area (Å²) in [5.41, 5.74) is 3.03. The highest BCUT2D eigenvalue weighted by Gasteiger charge is 2.37. The van der Waals surface area contributed by atoms with Crippen molar-refractivity contribution in [2.75, 3.05) is 18.6 Å². The molecule has 9 nitrogen and oxygen atoms in total. The van der Waals surface area contributed by atoms with Gasteiger partial charge in [-0.05, 0) is 67.9 Å². The number of rotatable bonds is 7. The van der Waals surface area contributed by atoms with Gasteiger partial charge in [-0.15, -0.1) is 0 Å². The molecule has 1 atom stereocenters. The third-order valence-corrected chi connectivity index (χ3v) is 7.32. The maximum absolute atomic E-state index is 14.2. The van der Waals surface area contributed by atoms with Crippen LogP contribution in [0.25, 0.3) is 5.69 Å². The van der Waals surface area contributed by atoms with Gasteiger partial charge in [0.1, 0.15) is 23.4 Å². The zero-order valence-electron chi connectivity index (χ0n) is 22.2.